The number of nitrogens with zero attached hydrogens (tertiary/aromatic N) is 1. The van der Waals surface area contributed by atoms with Crippen molar-refractivity contribution >= 4 is 5.84 Å². The molecule has 0 bridgehead atoms. The number of nitrogens with one attached hydrogen (secondary N) is 1. The standard InChI is InChI=1S/C8H14N2.C2H6/c1-3-4-8-9-5-7(2)6-10-8;1-2/h5H,3-4,6H2,1-2H3,(H,9,10);1-2H3. The maximum absolute atomic E-state index is 4.34. The summed E-state index contributed by atoms with van der Waals surface area (Å²) in [5.41, 5.74) is 1.31. The van der Waals surface area contributed by atoms with Gasteiger partial charge in [-0.05, 0) is 18.9 Å². The fraction of sp³-hybridized carbons (Fsp3) is 0.700. The molecular weight excluding hydrogens is 148 g/mol. The van der Waals surface area contributed by atoms with E-state index in [9.17, 15) is 0 Å². The Morgan fingerprint density at radius 1 is 1.50 bits per heavy atom. The van der Waals surface area contributed by atoms with E-state index in [1.54, 1.807) is 0 Å². The fourth-order valence-electron chi connectivity index (χ4n) is 0.906. The van der Waals surface area contributed by atoms with Gasteiger partial charge in [-0.15, -0.1) is 0 Å². The lowest BCUT2D eigenvalue weighted by Crippen LogP contribution is -2.21. The van der Waals surface area contributed by atoms with Crippen molar-refractivity contribution in [1.29, 1.82) is 0 Å². The minimum absolute atomic E-state index is 0.877. The van der Waals surface area contributed by atoms with Gasteiger partial charge in [0.2, 0.25) is 0 Å². The van der Waals surface area contributed by atoms with Crippen molar-refractivity contribution in [2.24, 2.45) is 4.99 Å². The summed E-state index contributed by atoms with van der Waals surface area (Å²) in [5, 5.41) is 3.16. The van der Waals surface area contributed by atoms with E-state index >= 15 is 0 Å². The third kappa shape index (κ3) is 4.16. The van der Waals surface area contributed by atoms with E-state index in [0.717, 1.165) is 18.8 Å². The van der Waals surface area contributed by atoms with E-state index < -0.39 is 0 Å². The van der Waals surface area contributed by atoms with Crippen molar-refractivity contribution in [3.05, 3.63) is 11.8 Å². The molecule has 0 aromatic rings. The minimum atomic E-state index is 0.877. The minimum Gasteiger partial charge on any atom is -0.350 e. The molecule has 0 radical (unpaired) electrons. The van der Waals surface area contributed by atoms with Crippen molar-refractivity contribution in [3.63, 3.8) is 0 Å². The molecule has 0 unspecified atom stereocenters. The normalized spacial score (nSPS) is 15.0. The molecule has 0 saturated carbocycles. The SMILES string of the molecule is CC.CCCC1=NCC(C)=CN1. The van der Waals surface area contributed by atoms with Crippen LogP contribution in [0.15, 0.2) is 16.8 Å². The van der Waals surface area contributed by atoms with Gasteiger partial charge in [-0.25, -0.2) is 0 Å². The molecular formula is C10H20N2. The molecule has 0 spiro atoms. The van der Waals surface area contributed by atoms with Crippen LogP contribution in [0.3, 0.4) is 0 Å². The quantitative estimate of drug-likeness (QED) is 0.673. The van der Waals surface area contributed by atoms with Crippen LogP contribution in [0, 0.1) is 0 Å². The smallest absolute Gasteiger partial charge is 0.101 e. The molecule has 2 nitrogen and oxygen atoms in total. The van der Waals surface area contributed by atoms with Gasteiger partial charge in [-0.3, -0.25) is 4.99 Å². The lowest BCUT2D eigenvalue weighted by atomic mass is 10.2. The summed E-state index contributed by atoms with van der Waals surface area (Å²) in [6.07, 6.45) is 4.28. The molecule has 1 rings (SSSR count). The molecule has 0 aromatic heterocycles. The molecule has 0 aliphatic carbocycles. The molecule has 0 amide bonds. The van der Waals surface area contributed by atoms with Gasteiger partial charge in [0.25, 0.3) is 0 Å². The first-order valence-corrected chi connectivity index (χ1v) is 4.78. The molecule has 1 aliphatic rings. The van der Waals surface area contributed by atoms with E-state index in [2.05, 4.69) is 24.2 Å². The molecule has 0 aromatic carbocycles. The van der Waals surface area contributed by atoms with Crippen LogP contribution in [0.2, 0.25) is 0 Å². The van der Waals surface area contributed by atoms with Gasteiger partial charge in [0.05, 0.1) is 6.54 Å². The van der Waals surface area contributed by atoms with E-state index in [1.807, 2.05) is 20.0 Å². The number of rotatable bonds is 2. The van der Waals surface area contributed by atoms with E-state index in [4.69, 9.17) is 0 Å². The Labute approximate surface area is 75.8 Å². The molecule has 12 heavy (non-hydrogen) atoms. The Morgan fingerprint density at radius 3 is 2.58 bits per heavy atom. The third-order valence-corrected chi connectivity index (χ3v) is 1.49. The van der Waals surface area contributed by atoms with Gasteiger partial charge in [0.1, 0.15) is 5.84 Å². The van der Waals surface area contributed by atoms with Crippen molar-refractivity contribution < 1.29 is 0 Å². The lowest BCUT2D eigenvalue weighted by molar-refractivity contribution is 0.916. The molecule has 0 fully saturated rings. The Balaban J connectivity index is 0.000000561. The second kappa shape index (κ2) is 6.89. The van der Waals surface area contributed by atoms with Gasteiger partial charge >= 0.3 is 0 Å². The second-order valence-electron chi connectivity index (χ2n) is 2.65. The fourth-order valence-corrected chi connectivity index (χ4v) is 0.906. The van der Waals surface area contributed by atoms with Gasteiger partial charge in [-0.1, -0.05) is 20.8 Å². The van der Waals surface area contributed by atoms with E-state index in [0.29, 0.717) is 0 Å². The monoisotopic (exact) mass is 168 g/mol. The maximum atomic E-state index is 4.34. The number of hydrogen-bond acceptors (Lipinski definition) is 2. The molecule has 1 N–H and O–H groups in total. The van der Waals surface area contributed by atoms with Crippen LogP contribution in [0.5, 0.6) is 0 Å². The highest BCUT2D eigenvalue weighted by Crippen LogP contribution is 2.00. The summed E-state index contributed by atoms with van der Waals surface area (Å²) in [5.74, 6) is 1.13. The zero-order chi connectivity index (χ0) is 9.40. The highest BCUT2D eigenvalue weighted by Gasteiger charge is 1.99. The van der Waals surface area contributed by atoms with Crippen molar-refractivity contribution in [1.82, 2.24) is 5.32 Å². The molecule has 0 saturated heterocycles. The predicted molar refractivity (Wildman–Crippen MR) is 55.5 cm³/mol. The third-order valence-electron chi connectivity index (χ3n) is 1.49. The molecule has 1 heterocycles. The summed E-state index contributed by atoms with van der Waals surface area (Å²) in [7, 11) is 0. The largest absolute Gasteiger partial charge is 0.350 e. The zero-order valence-corrected chi connectivity index (χ0v) is 8.65. The Bertz CT molecular complexity index is 169. The van der Waals surface area contributed by atoms with Crippen LogP contribution < -0.4 is 5.32 Å². The maximum Gasteiger partial charge on any atom is 0.101 e. The molecule has 1 aliphatic heterocycles. The van der Waals surface area contributed by atoms with Crippen molar-refractivity contribution in [2.45, 2.75) is 40.5 Å². The van der Waals surface area contributed by atoms with Crippen LogP contribution in [-0.2, 0) is 0 Å². The molecule has 70 valence electrons. The van der Waals surface area contributed by atoms with E-state index in [1.165, 1.54) is 12.0 Å². The van der Waals surface area contributed by atoms with Crippen LogP contribution in [0.25, 0.3) is 0 Å². The zero-order valence-electron chi connectivity index (χ0n) is 8.65. The average Bonchev–Trinajstić information content (AvgIpc) is 2.13. The predicted octanol–water partition coefficient (Wildman–Crippen LogP) is 2.72. The Kier molecular flexibility index (Phi) is 6.44. The number of aliphatic imine (C=N–C) groups is 1. The average molecular weight is 168 g/mol. The second-order valence-corrected chi connectivity index (χ2v) is 2.65. The highest BCUT2D eigenvalue weighted by atomic mass is 15.0. The van der Waals surface area contributed by atoms with E-state index in [-0.39, 0.29) is 0 Å². The van der Waals surface area contributed by atoms with Crippen molar-refractivity contribution in [3.8, 4) is 0 Å². The summed E-state index contributed by atoms with van der Waals surface area (Å²) in [6, 6.07) is 0. The number of amidine groups is 1. The first-order valence-electron chi connectivity index (χ1n) is 4.78. The van der Waals surface area contributed by atoms with Crippen LogP contribution in [0.4, 0.5) is 0 Å². The van der Waals surface area contributed by atoms with Crippen LogP contribution in [-0.4, -0.2) is 12.4 Å². The number of hydrogen-bond donors (Lipinski definition) is 1. The van der Waals surface area contributed by atoms with Gasteiger partial charge in [-0.2, -0.15) is 0 Å². The van der Waals surface area contributed by atoms with Gasteiger partial charge < -0.3 is 5.32 Å². The Hall–Kier alpha value is -0.790. The molecule has 0 atom stereocenters. The first-order chi connectivity index (χ1) is 5.83. The summed E-state index contributed by atoms with van der Waals surface area (Å²) in [4.78, 5) is 4.34. The van der Waals surface area contributed by atoms with Crippen molar-refractivity contribution in [2.75, 3.05) is 6.54 Å². The highest BCUT2D eigenvalue weighted by molar-refractivity contribution is 5.83. The summed E-state index contributed by atoms with van der Waals surface area (Å²) < 4.78 is 0. The lowest BCUT2D eigenvalue weighted by Gasteiger charge is -2.10. The first kappa shape index (κ1) is 11.2. The molecule has 2 heteroatoms. The van der Waals surface area contributed by atoms with Gasteiger partial charge in [0.15, 0.2) is 0 Å². The van der Waals surface area contributed by atoms with Crippen LogP contribution >= 0.6 is 0 Å². The van der Waals surface area contributed by atoms with Gasteiger partial charge in [0, 0.05) is 12.6 Å². The Morgan fingerprint density at radius 2 is 2.17 bits per heavy atom. The summed E-state index contributed by atoms with van der Waals surface area (Å²) in [6.45, 7) is 9.12. The topological polar surface area (TPSA) is 24.4 Å². The van der Waals surface area contributed by atoms with Crippen LogP contribution in [0.1, 0.15) is 40.5 Å². The summed E-state index contributed by atoms with van der Waals surface area (Å²) >= 11 is 0.